The molecule has 3 atom stereocenters. The molecular weight excluding hydrogens is 324 g/mol. The van der Waals surface area contributed by atoms with Gasteiger partial charge >= 0.3 is 12.1 Å². The molecule has 0 fully saturated rings. The van der Waals surface area contributed by atoms with Crippen LogP contribution in [-0.2, 0) is 25.6 Å². The minimum atomic E-state index is -0.719. The zero-order valence-electron chi connectivity index (χ0n) is 14.9. The summed E-state index contributed by atoms with van der Waals surface area (Å²) in [5.41, 5.74) is 0.896. The highest BCUT2D eigenvalue weighted by Crippen LogP contribution is 2.19. The molecule has 1 amide bonds. The summed E-state index contributed by atoms with van der Waals surface area (Å²) in [7, 11) is 1.31. The summed E-state index contributed by atoms with van der Waals surface area (Å²) in [5, 5.41) is 2.76. The van der Waals surface area contributed by atoms with Crippen molar-refractivity contribution in [2.75, 3.05) is 7.11 Å². The third-order valence-corrected chi connectivity index (χ3v) is 3.88. The summed E-state index contributed by atoms with van der Waals surface area (Å²) in [6.07, 6.45) is -1.01. The Balaban J connectivity index is 1.98. The van der Waals surface area contributed by atoms with Crippen molar-refractivity contribution >= 4 is 18.0 Å². The smallest absolute Gasteiger partial charge is 0.408 e. The van der Waals surface area contributed by atoms with Gasteiger partial charge in [0.25, 0.3) is 0 Å². The minimum Gasteiger partial charge on any atom is -0.474 e. The van der Waals surface area contributed by atoms with E-state index in [1.54, 1.807) is 6.92 Å². The average Bonchev–Trinajstić information content (AvgIpc) is 2.99. The molecule has 1 aliphatic heterocycles. The minimum absolute atomic E-state index is 0.00613. The molecule has 1 aromatic rings. The van der Waals surface area contributed by atoms with Crippen molar-refractivity contribution in [1.82, 2.24) is 5.32 Å². The highest BCUT2D eigenvalue weighted by atomic mass is 16.6. The van der Waals surface area contributed by atoms with Crippen molar-refractivity contribution in [3.8, 4) is 0 Å². The summed E-state index contributed by atoms with van der Waals surface area (Å²) >= 11 is 0. The van der Waals surface area contributed by atoms with Crippen molar-refractivity contribution in [3.63, 3.8) is 0 Å². The monoisotopic (exact) mass is 348 g/mol. The van der Waals surface area contributed by atoms with Crippen LogP contribution in [-0.4, -0.2) is 43.3 Å². The average molecular weight is 348 g/mol. The molecule has 1 heterocycles. The van der Waals surface area contributed by atoms with E-state index in [-0.39, 0.29) is 12.5 Å². The lowest BCUT2D eigenvalue weighted by Crippen LogP contribution is -2.45. The Hall–Kier alpha value is -2.57. The zero-order chi connectivity index (χ0) is 18.4. The molecule has 0 saturated carbocycles. The number of benzene rings is 1. The number of esters is 1. The first-order valence-electron chi connectivity index (χ1n) is 8.21. The first-order chi connectivity index (χ1) is 11.9. The lowest BCUT2D eigenvalue weighted by atomic mass is 10.0. The van der Waals surface area contributed by atoms with Crippen molar-refractivity contribution in [2.24, 2.45) is 10.9 Å². The Labute approximate surface area is 147 Å². The lowest BCUT2D eigenvalue weighted by Gasteiger charge is -2.22. The van der Waals surface area contributed by atoms with Gasteiger partial charge in [-0.1, -0.05) is 44.2 Å². The second-order valence-corrected chi connectivity index (χ2v) is 6.19. The molecule has 0 spiro atoms. The maximum Gasteiger partial charge on any atom is 0.408 e. The summed E-state index contributed by atoms with van der Waals surface area (Å²) < 4.78 is 15.6. The van der Waals surface area contributed by atoms with Gasteiger partial charge in [-0.25, -0.2) is 14.6 Å². The number of hydrogen-bond acceptors (Lipinski definition) is 6. The molecule has 0 aliphatic carbocycles. The second kappa shape index (κ2) is 8.50. The number of carbonyl (C=O) groups excluding carboxylic acids is 2. The van der Waals surface area contributed by atoms with Gasteiger partial charge in [-0.2, -0.15) is 0 Å². The fourth-order valence-electron chi connectivity index (χ4n) is 2.45. The number of nitrogens with zero attached hydrogens (tertiary/aromatic N) is 1. The number of methoxy groups -OCH3 is 1. The molecular formula is C18H24N2O5. The molecule has 0 saturated heterocycles. The van der Waals surface area contributed by atoms with Crippen LogP contribution in [0.3, 0.4) is 0 Å². The quantitative estimate of drug-likeness (QED) is 0.797. The Kier molecular flexibility index (Phi) is 6.38. The standard InChI is InChI=1S/C18H24N2O5/c1-11(2)14(16-19-15(12(3)25-16)17(21)23-4)20-18(22)24-10-13-8-6-5-7-9-13/h5-9,11-12,14-15H,10H2,1-4H3,(H,20,22)/t12-,14+,15+/m1/s1. The number of rotatable bonds is 6. The highest BCUT2D eigenvalue weighted by Gasteiger charge is 2.38. The molecule has 2 rings (SSSR count). The van der Waals surface area contributed by atoms with Gasteiger partial charge in [0, 0.05) is 0 Å². The maximum absolute atomic E-state index is 12.1. The Morgan fingerprint density at radius 1 is 1.28 bits per heavy atom. The predicted octanol–water partition coefficient (Wildman–Crippen LogP) is 2.30. The van der Waals surface area contributed by atoms with Gasteiger partial charge in [-0.15, -0.1) is 0 Å². The van der Waals surface area contributed by atoms with E-state index in [4.69, 9.17) is 14.2 Å². The number of alkyl carbamates (subject to hydrolysis) is 1. The van der Waals surface area contributed by atoms with Crippen LogP contribution in [0.1, 0.15) is 26.3 Å². The maximum atomic E-state index is 12.1. The summed E-state index contributed by atoms with van der Waals surface area (Å²) in [5.74, 6) is -0.141. The van der Waals surface area contributed by atoms with Gasteiger partial charge in [-0.3, -0.25) is 0 Å². The van der Waals surface area contributed by atoms with Crippen molar-refractivity contribution in [1.29, 1.82) is 0 Å². The SMILES string of the molecule is COC(=O)[C@H]1N=C([C@@H](NC(=O)OCc2ccccc2)C(C)C)O[C@@H]1C. The van der Waals surface area contributed by atoms with Crippen LogP contribution in [0.5, 0.6) is 0 Å². The fraction of sp³-hybridized carbons (Fsp3) is 0.500. The van der Waals surface area contributed by atoms with Gasteiger partial charge in [-0.05, 0) is 18.4 Å². The third-order valence-electron chi connectivity index (χ3n) is 3.88. The molecule has 25 heavy (non-hydrogen) atoms. The van der Waals surface area contributed by atoms with E-state index >= 15 is 0 Å². The summed E-state index contributed by atoms with van der Waals surface area (Å²) in [4.78, 5) is 28.1. The number of ether oxygens (including phenoxy) is 3. The Morgan fingerprint density at radius 2 is 1.96 bits per heavy atom. The van der Waals surface area contributed by atoms with E-state index in [0.29, 0.717) is 5.90 Å². The number of aliphatic imine (C=N–C) groups is 1. The predicted molar refractivity (Wildman–Crippen MR) is 92.2 cm³/mol. The summed E-state index contributed by atoms with van der Waals surface area (Å²) in [6, 6.07) is 8.20. The van der Waals surface area contributed by atoms with Crippen LogP contribution in [0.25, 0.3) is 0 Å². The highest BCUT2D eigenvalue weighted by molar-refractivity contribution is 5.91. The number of nitrogens with one attached hydrogen (secondary N) is 1. The molecule has 0 unspecified atom stereocenters. The molecule has 0 bridgehead atoms. The largest absolute Gasteiger partial charge is 0.474 e. The number of hydrogen-bond donors (Lipinski definition) is 1. The van der Waals surface area contributed by atoms with Gasteiger partial charge in [0.2, 0.25) is 5.90 Å². The number of amides is 1. The molecule has 1 aromatic carbocycles. The Bertz CT molecular complexity index is 630. The van der Waals surface area contributed by atoms with Crippen LogP contribution >= 0.6 is 0 Å². The van der Waals surface area contributed by atoms with Gasteiger partial charge < -0.3 is 19.5 Å². The normalized spacial score (nSPS) is 20.4. The fourth-order valence-corrected chi connectivity index (χ4v) is 2.45. The van der Waals surface area contributed by atoms with Gasteiger partial charge in [0.05, 0.1) is 7.11 Å². The van der Waals surface area contributed by atoms with Crippen LogP contribution in [0.15, 0.2) is 35.3 Å². The van der Waals surface area contributed by atoms with Crippen LogP contribution in [0.4, 0.5) is 4.79 Å². The molecule has 1 aliphatic rings. The molecule has 7 heteroatoms. The number of carbonyl (C=O) groups is 2. The molecule has 1 N–H and O–H groups in total. The van der Waals surface area contributed by atoms with E-state index in [9.17, 15) is 9.59 Å². The van der Waals surface area contributed by atoms with Crippen molar-refractivity contribution < 1.29 is 23.8 Å². The zero-order valence-corrected chi connectivity index (χ0v) is 14.9. The van der Waals surface area contributed by atoms with E-state index < -0.39 is 30.3 Å². The third kappa shape index (κ3) is 4.95. The van der Waals surface area contributed by atoms with Crippen molar-refractivity contribution in [3.05, 3.63) is 35.9 Å². The van der Waals surface area contributed by atoms with Crippen LogP contribution in [0.2, 0.25) is 0 Å². The molecule has 0 radical (unpaired) electrons. The Morgan fingerprint density at radius 3 is 2.56 bits per heavy atom. The van der Waals surface area contributed by atoms with E-state index in [1.807, 2.05) is 44.2 Å². The van der Waals surface area contributed by atoms with Gasteiger partial charge in [0.15, 0.2) is 6.04 Å². The summed E-state index contributed by atoms with van der Waals surface area (Å²) in [6.45, 7) is 5.75. The molecule has 7 nitrogen and oxygen atoms in total. The van der Waals surface area contributed by atoms with Gasteiger partial charge in [0.1, 0.15) is 18.8 Å². The topological polar surface area (TPSA) is 86.2 Å². The van der Waals surface area contributed by atoms with E-state index in [2.05, 4.69) is 10.3 Å². The lowest BCUT2D eigenvalue weighted by molar-refractivity contribution is -0.143. The molecule has 0 aromatic heterocycles. The first-order valence-corrected chi connectivity index (χ1v) is 8.21. The first kappa shape index (κ1) is 18.8. The van der Waals surface area contributed by atoms with Crippen LogP contribution in [0, 0.1) is 5.92 Å². The second-order valence-electron chi connectivity index (χ2n) is 6.19. The van der Waals surface area contributed by atoms with Crippen molar-refractivity contribution in [2.45, 2.75) is 45.6 Å². The van der Waals surface area contributed by atoms with E-state index in [0.717, 1.165) is 5.56 Å². The molecule has 136 valence electrons. The van der Waals surface area contributed by atoms with Crippen LogP contribution < -0.4 is 5.32 Å². The van der Waals surface area contributed by atoms with E-state index in [1.165, 1.54) is 7.11 Å².